The molecule has 0 amide bonds. The van der Waals surface area contributed by atoms with E-state index in [4.69, 9.17) is 4.55 Å². The average Bonchev–Trinajstić information content (AvgIpc) is 2.32. The zero-order valence-corrected chi connectivity index (χ0v) is 15.8. The third-order valence-corrected chi connectivity index (χ3v) is 7.74. The van der Waals surface area contributed by atoms with Gasteiger partial charge in [0.2, 0.25) is 0 Å². The van der Waals surface area contributed by atoms with Crippen molar-refractivity contribution in [3.05, 3.63) is 0 Å². The highest BCUT2D eigenvalue weighted by Crippen LogP contribution is 2.19. The molecule has 0 aromatic rings. The molecule has 0 saturated heterocycles. The van der Waals surface area contributed by atoms with Crippen molar-refractivity contribution >= 4 is 31.7 Å². The van der Waals surface area contributed by atoms with Crippen LogP contribution < -0.4 is 0 Å². The molecule has 0 aliphatic carbocycles. The van der Waals surface area contributed by atoms with E-state index in [9.17, 15) is 16.8 Å². The van der Waals surface area contributed by atoms with Crippen LogP contribution in [0.5, 0.6) is 0 Å². The average molecular weight is 361 g/mol. The maximum atomic E-state index is 11.8. The van der Waals surface area contributed by atoms with Crippen molar-refractivity contribution in [3.8, 4) is 0 Å². The molecule has 21 heavy (non-hydrogen) atoms. The third kappa shape index (κ3) is 9.76. The lowest BCUT2D eigenvalue weighted by Gasteiger charge is -2.20. The normalized spacial score (nSPS) is 16.1. The van der Waals surface area contributed by atoms with Gasteiger partial charge in [0.1, 0.15) is 0 Å². The van der Waals surface area contributed by atoms with Gasteiger partial charge < -0.3 is 0 Å². The Morgan fingerprint density at radius 2 is 1.48 bits per heavy atom. The highest BCUT2D eigenvalue weighted by molar-refractivity contribution is 7.87. The molecule has 0 aliphatic heterocycles. The van der Waals surface area contributed by atoms with E-state index in [2.05, 4.69) is 13.8 Å². The predicted octanol–water partition coefficient (Wildman–Crippen LogP) is 1.98. The molecule has 2 atom stereocenters. The Balaban J connectivity index is 3.95. The molecule has 0 bridgehead atoms. The Kier molecular flexibility index (Phi) is 9.47. The van der Waals surface area contributed by atoms with Gasteiger partial charge in [0.25, 0.3) is 10.1 Å². The van der Waals surface area contributed by atoms with Crippen molar-refractivity contribution in [2.24, 2.45) is 5.92 Å². The summed E-state index contributed by atoms with van der Waals surface area (Å²) in [5, 5.41) is 0. The zero-order chi connectivity index (χ0) is 16.7. The van der Waals surface area contributed by atoms with Gasteiger partial charge in [-0.3, -0.25) is 13.0 Å². The van der Waals surface area contributed by atoms with Crippen LogP contribution in [0, 0.1) is 5.92 Å². The van der Waals surface area contributed by atoms with Crippen LogP contribution in [0.1, 0.15) is 47.0 Å². The second-order valence-corrected chi connectivity index (χ2v) is 11.7. The second-order valence-electron chi connectivity index (χ2n) is 6.22. The van der Waals surface area contributed by atoms with Crippen molar-refractivity contribution in [1.82, 2.24) is 0 Å². The van der Waals surface area contributed by atoms with E-state index >= 15 is 0 Å². The van der Waals surface area contributed by atoms with Crippen molar-refractivity contribution in [1.29, 1.82) is 0 Å². The Hall–Kier alpha value is 0.210. The SMILES string of the molecule is CC(C)CCS(=O)CCCS(=O)CCC(C)(C)S(=O)(=O)O. The number of rotatable bonds is 11. The fourth-order valence-corrected chi connectivity index (χ4v) is 4.93. The first-order valence-electron chi connectivity index (χ1n) is 7.12. The molecule has 5 nitrogen and oxygen atoms in total. The molecule has 0 radical (unpaired) electrons. The molecule has 0 heterocycles. The third-order valence-electron chi connectivity index (χ3n) is 3.30. The van der Waals surface area contributed by atoms with Gasteiger partial charge in [0.15, 0.2) is 0 Å². The van der Waals surface area contributed by atoms with E-state index in [-0.39, 0.29) is 12.2 Å². The van der Waals surface area contributed by atoms with Crippen LogP contribution in [0.25, 0.3) is 0 Å². The Bertz CT molecular complexity index is 454. The minimum atomic E-state index is -4.13. The second kappa shape index (κ2) is 9.37. The lowest BCUT2D eigenvalue weighted by atomic mass is 10.1. The standard InChI is InChI=1S/C13H28O5S3/c1-12(2)6-10-19(14)8-5-9-20(15)11-7-13(3,4)21(16,17)18/h12H,5-11H2,1-4H3,(H,16,17,18). The molecule has 1 N–H and O–H groups in total. The quantitative estimate of drug-likeness (QED) is 0.569. The summed E-state index contributed by atoms with van der Waals surface area (Å²) in [5.74, 6) is 2.41. The molecule has 128 valence electrons. The molecule has 2 unspecified atom stereocenters. The molecule has 0 spiro atoms. The lowest BCUT2D eigenvalue weighted by Crippen LogP contribution is -2.33. The Morgan fingerprint density at radius 1 is 1.00 bits per heavy atom. The first-order chi connectivity index (χ1) is 9.45. The maximum Gasteiger partial charge on any atom is 0.270 e. The van der Waals surface area contributed by atoms with Crippen LogP contribution in [-0.4, -0.2) is 49.1 Å². The van der Waals surface area contributed by atoms with Crippen LogP contribution in [0.15, 0.2) is 0 Å². The van der Waals surface area contributed by atoms with Crippen molar-refractivity contribution in [2.75, 3.05) is 23.0 Å². The van der Waals surface area contributed by atoms with E-state index in [0.29, 0.717) is 29.6 Å². The van der Waals surface area contributed by atoms with Gasteiger partial charge in [-0.05, 0) is 39.0 Å². The number of hydrogen-bond acceptors (Lipinski definition) is 4. The molecule has 8 heteroatoms. The molecule has 0 rings (SSSR count). The summed E-state index contributed by atoms with van der Waals surface area (Å²) in [7, 11) is -6.13. The minimum Gasteiger partial charge on any atom is -0.285 e. The van der Waals surface area contributed by atoms with Gasteiger partial charge in [-0.2, -0.15) is 8.42 Å². The molecule has 0 saturated carbocycles. The largest absolute Gasteiger partial charge is 0.285 e. The maximum absolute atomic E-state index is 11.8. The minimum absolute atomic E-state index is 0.148. The van der Waals surface area contributed by atoms with Crippen LogP contribution in [-0.2, 0) is 31.7 Å². The summed E-state index contributed by atoms with van der Waals surface area (Å²) < 4.78 is 53.5. The van der Waals surface area contributed by atoms with E-state index < -0.39 is 36.5 Å². The summed E-state index contributed by atoms with van der Waals surface area (Å²) in [6.07, 6.45) is 1.69. The first kappa shape index (κ1) is 21.2. The van der Waals surface area contributed by atoms with E-state index in [1.165, 1.54) is 13.8 Å². The Labute approximate surface area is 133 Å². The topological polar surface area (TPSA) is 88.5 Å². The van der Waals surface area contributed by atoms with Gasteiger partial charge in [0, 0.05) is 44.6 Å². The molecule has 0 fully saturated rings. The van der Waals surface area contributed by atoms with E-state index in [1.54, 1.807) is 0 Å². The molecule has 0 aromatic heterocycles. The van der Waals surface area contributed by atoms with Crippen molar-refractivity contribution in [3.63, 3.8) is 0 Å². The van der Waals surface area contributed by atoms with Crippen LogP contribution in [0.2, 0.25) is 0 Å². The lowest BCUT2D eigenvalue weighted by molar-refractivity contribution is 0.437. The van der Waals surface area contributed by atoms with Gasteiger partial charge in [-0.15, -0.1) is 0 Å². The summed E-state index contributed by atoms with van der Waals surface area (Å²) in [6.45, 7) is 7.01. The smallest absolute Gasteiger partial charge is 0.270 e. The highest BCUT2D eigenvalue weighted by atomic mass is 32.2. The Morgan fingerprint density at radius 3 is 1.90 bits per heavy atom. The zero-order valence-electron chi connectivity index (χ0n) is 13.3. The number of hydrogen-bond donors (Lipinski definition) is 1. The summed E-state index contributed by atoms with van der Waals surface area (Å²) in [5.41, 5.74) is 0. The van der Waals surface area contributed by atoms with Crippen molar-refractivity contribution < 1.29 is 21.4 Å². The predicted molar refractivity (Wildman–Crippen MR) is 90.1 cm³/mol. The van der Waals surface area contributed by atoms with Crippen LogP contribution in [0.4, 0.5) is 0 Å². The monoisotopic (exact) mass is 360 g/mol. The van der Waals surface area contributed by atoms with Gasteiger partial charge in [0.05, 0.1) is 4.75 Å². The van der Waals surface area contributed by atoms with Gasteiger partial charge in [-0.1, -0.05) is 13.8 Å². The van der Waals surface area contributed by atoms with Crippen molar-refractivity contribution in [2.45, 2.75) is 51.7 Å². The highest BCUT2D eigenvalue weighted by Gasteiger charge is 2.32. The van der Waals surface area contributed by atoms with Gasteiger partial charge in [-0.25, -0.2) is 0 Å². The fourth-order valence-electron chi connectivity index (χ4n) is 1.44. The van der Waals surface area contributed by atoms with Crippen LogP contribution >= 0.6 is 0 Å². The van der Waals surface area contributed by atoms with Crippen LogP contribution in [0.3, 0.4) is 0 Å². The van der Waals surface area contributed by atoms with Gasteiger partial charge >= 0.3 is 0 Å². The molecular formula is C13H28O5S3. The summed E-state index contributed by atoms with van der Waals surface area (Å²) in [6, 6.07) is 0. The summed E-state index contributed by atoms with van der Waals surface area (Å²) in [4.78, 5) is 0. The molecule has 0 aromatic carbocycles. The molecular weight excluding hydrogens is 332 g/mol. The first-order valence-corrected chi connectivity index (χ1v) is 11.5. The van der Waals surface area contributed by atoms with E-state index in [0.717, 1.165) is 6.42 Å². The van der Waals surface area contributed by atoms with E-state index in [1.807, 2.05) is 0 Å². The fraction of sp³-hybridized carbons (Fsp3) is 1.00. The summed E-state index contributed by atoms with van der Waals surface area (Å²) >= 11 is 0. The molecule has 0 aliphatic rings.